The van der Waals surface area contributed by atoms with Crippen LogP contribution in [0.5, 0.6) is 0 Å². The largest absolute Gasteiger partial charge is 0.472 e. The van der Waals surface area contributed by atoms with Crippen LogP contribution in [0.1, 0.15) is 284 Å². The summed E-state index contributed by atoms with van der Waals surface area (Å²) in [5.74, 6) is -0.781. The van der Waals surface area contributed by atoms with Crippen LogP contribution in [0.15, 0.2) is 0 Å². The van der Waals surface area contributed by atoms with Crippen molar-refractivity contribution in [1.82, 2.24) is 0 Å². The summed E-state index contributed by atoms with van der Waals surface area (Å²) in [6.07, 6.45) is 51.7. The molecule has 2 unspecified atom stereocenters. The Balaban J connectivity index is 3.81. The van der Waals surface area contributed by atoms with Crippen LogP contribution in [-0.4, -0.2) is 43.3 Å². The standard InChI is InChI=1S/C50H99O8P/c1-4-6-8-10-12-14-16-18-20-22-23-24-25-26-27-28-29-31-33-35-37-39-41-43-45-50(52)58-48(47-57-59(53,54)55-3)46-56-49(51)44-42-40-38-36-34-32-30-21-19-17-15-13-11-9-7-5-2/h48H,4-47H2,1-3H3,(H,53,54). The Morgan fingerprint density at radius 3 is 0.932 bits per heavy atom. The molecule has 0 saturated heterocycles. The first kappa shape index (κ1) is 58.0. The van der Waals surface area contributed by atoms with E-state index >= 15 is 0 Å². The second-order valence-corrected chi connectivity index (χ2v) is 19.2. The fourth-order valence-electron chi connectivity index (χ4n) is 7.90. The molecule has 0 aromatic heterocycles. The molecule has 9 heteroatoms. The number of phosphoric ester groups is 1. The van der Waals surface area contributed by atoms with E-state index in [9.17, 15) is 19.0 Å². The van der Waals surface area contributed by atoms with Crippen LogP contribution < -0.4 is 0 Å². The van der Waals surface area contributed by atoms with Gasteiger partial charge in [0.15, 0.2) is 6.10 Å². The number of hydrogen-bond acceptors (Lipinski definition) is 7. The average molecular weight is 859 g/mol. The fourth-order valence-corrected chi connectivity index (χ4v) is 8.36. The zero-order valence-electron chi connectivity index (χ0n) is 39.4. The Kier molecular flexibility index (Phi) is 45.8. The molecule has 2 atom stereocenters. The molecule has 0 saturated carbocycles. The van der Waals surface area contributed by atoms with Gasteiger partial charge in [-0.25, -0.2) is 4.57 Å². The maximum atomic E-state index is 12.6. The van der Waals surface area contributed by atoms with Gasteiger partial charge < -0.3 is 14.4 Å². The minimum Gasteiger partial charge on any atom is -0.462 e. The van der Waals surface area contributed by atoms with Crippen LogP contribution in [0.3, 0.4) is 0 Å². The summed E-state index contributed by atoms with van der Waals surface area (Å²) < 4.78 is 32.1. The summed E-state index contributed by atoms with van der Waals surface area (Å²) >= 11 is 0. The molecule has 0 aromatic carbocycles. The smallest absolute Gasteiger partial charge is 0.462 e. The molecule has 0 bridgehead atoms. The van der Waals surface area contributed by atoms with Crippen molar-refractivity contribution in [3.05, 3.63) is 0 Å². The van der Waals surface area contributed by atoms with E-state index in [1.165, 1.54) is 218 Å². The van der Waals surface area contributed by atoms with Crippen molar-refractivity contribution in [3.63, 3.8) is 0 Å². The van der Waals surface area contributed by atoms with Crippen LogP contribution >= 0.6 is 7.82 Å². The lowest BCUT2D eigenvalue weighted by Crippen LogP contribution is -2.29. The Labute approximate surface area is 366 Å². The van der Waals surface area contributed by atoms with Crippen LogP contribution in [0, 0.1) is 0 Å². The lowest BCUT2D eigenvalue weighted by molar-refractivity contribution is -0.161. The Morgan fingerprint density at radius 1 is 0.407 bits per heavy atom. The molecule has 0 fully saturated rings. The molecule has 352 valence electrons. The van der Waals surface area contributed by atoms with Gasteiger partial charge in [-0.05, 0) is 12.8 Å². The average Bonchev–Trinajstić information content (AvgIpc) is 3.23. The van der Waals surface area contributed by atoms with Crippen molar-refractivity contribution >= 4 is 19.8 Å². The van der Waals surface area contributed by atoms with Crippen molar-refractivity contribution in [3.8, 4) is 0 Å². The third-order valence-corrected chi connectivity index (χ3v) is 12.8. The number of carbonyl (C=O) groups excluding carboxylic acids is 2. The fraction of sp³-hybridized carbons (Fsp3) is 0.960. The molecule has 0 heterocycles. The zero-order chi connectivity index (χ0) is 43.2. The number of hydrogen-bond donors (Lipinski definition) is 1. The summed E-state index contributed by atoms with van der Waals surface area (Å²) in [6, 6.07) is 0. The highest BCUT2D eigenvalue weighted by molar-refractivity contribution is 7.47. The van der Waals surface area contributed by atoms with Gasteiger partial charge in [0.2, 0.25) is 0 Å². The van der Waals surface area contributed by atoms with E-state index in [2.05, 4.69) is 18.4 Å². The molecule has 59 heavy (non-hydrogen) atoms. The van der Waals surface area contributed by atoms with E-state index in [0.717, 1.165) is 45.6 Å². The lowest BCUT2D eigenvalue weighted by atomic mass is 10.0. The summed E-state index contributed by atoms with van der Waals surface area (Å²) in [5.41, 5.74) is 0. The molecule has 0 aliphatic carbocycles. The third kappa shape index (κ3) is 46.4. The Bertz CT molecular complexity index is 931. The second kappa shape index (κ2) is 46.6. The van der Waals surface area contributed by atoms with Gasteiger partial charge in [-0.1, -0.05) is 258 Å². The van der Waals surface area contributed by atoms with Crippen molar-refractivity contribution < 1.29 is 37.6 Å². The van der Waals surface area contributed by atoms with Gasteiger partial charge in [0, 0.05) is 20.0 Å². The highest BCUT2D eigenvalue weighted by Crippen LogP contribution is 2.42. The SMILES string of the molecule is CCCCCCCCCCCCCCCCCCCCCCCCCCC(=O)OC(COC(=O)CCCCCCCCCCCCCCCCCC)COP(=O)(O)OC. The molecule has 0 rings (SSSR count). The van der Waals surface area contributed by atoms with E-state index < -0.39 is 19.9 Å². The lowest BCUT2D eigenvalue weighted by Gasteiger charge is -2.19. The molecule has 8 nitrogen and oxygen atoms in total. The number of phosphoric acid groups is 1. The van der Waals surface area contributed by atoms with Crippen LogP contribution in [0.2, 0.25) is 0 Å². The van der Waals surface area contributed by atoms with Crippen LogP contribution in [-0.2, 0) is 32.7 Å². The molecular formula is C50H99O8P. The maximum absolute atomic E-state index is 12.6. The van der Waals surface area contributed by atoms with E-state index in [4.69, 9.17) is 14.0 Å². The van der Waals surface area contributed by atoms with Crippen molar-refractivity contribution in [2.45, 2.75) is 290 Å². The minimum atomic E-state index is -4.26. The predicted octanol–water partition coefficient (Wildman–Crippen LogP) is 16.6. The highest BCUT2D eigenvalue weighted by Gasteiger charge is 2.24. The van der Waals surface area contributed by atoms with Crippen molar-refractivity contribution in [2.75, 3.05) is 20.3 Å². The van der Waals surface area contributed by atoms with Crippen molar-refractivity contribution in [1.29, 1.82) is 0 Å². The van der Waals surface area contributed by atoms with Gasteiger partial charge in [-0.15, -0.1) is 0 Å². The summed E-state index contributed by atoms with van der Waals surface area (Å²) in [7, 11) is -3.19. The van der Waals surface area contributed by atoms with Gasteiger partial charge >= 0.3 is 19.8 Å². The molecule has 0 aliphatic rings. The molecule has 0 amide bonds. The molecule has 0 radical (unpaired) electrons. The van der Waals surface area contributed by atoms with Crippen LogP contribution in [0.4, 0.5) is 0 Å². The van der Waals surface area contributed by atoms with Crippen molar-refractivity contribution in [2.24, 2.45) is 0 Å². The molecule has 0 aliphatic heterocycles. The number of ether oxygens (including phenoxy) is 2. The first-order chi connectivity index (χ1) is 28.8. The first-order valence-corrected chi connectivity index (χ1v) is 27.2. The summed E-state index contributed by atoms with van der Waals surface area (Å²) in [4.78, 5) is 34.6. The normalized spacial score (nSPS) is 13.1. The number of carbonyl (C=O) groups is 2. The minimum absolute atomic E-state index is 0.216. The molecule has 0 aromatic rings. The number of rotatable bonds is 49. The van der Waals surface area contributed by atoms with E-state index in [0.29, 0.717) is 6.42 Å². The maximum Gasteiger partial charge on any atom is 0.472 e. The van der Waals surface area contributed by atoms with E-state index in [1.807, 2.05) is 0 Å². The van der Waals surface area contributed by atoms with Gasteiger partial charge in [-0.2, -0.15) is 0 Å². The topological polar surface area (TPSA) is 108 Å². The van der Waals surface area contributed by atoms with Gasteiger partial charge in [-0.3, -0.25) is 18.6 Å². The first-order valence-electron chi connectivity index (χ1n) is 25.7. The van der Waals surface area contributed by atoms with E-state index in [-0.39, 0.29) is 25.6 Å². The predicted molar refractivity (Wildman–Crippen MR) is 249 cm³/mol. The molecule has 1 N–H and O–H groups in total. The zero-order valence-corrected chi connectivity index (χ0v) is 40.3. The highest BCUT2D eigenvalue weighted by atomic mass is 31.2. The second-order valence-electron chi connectivity index (χ2n) is 17.7. The van der Waals surface area contributed by atoms with Crippen LogP contribution in [0.25, 0.3) is 0 Å². The summed E-state index contributed by atoms with van der Waals surface area (Å²) in [6.45, 7) is 3.95. The van der Waals surface area contributed by atoms with E-state index in [1.54, 1.807) is 0 Å². The number of esters is 2. The Hall–Kier alpha value is -0.950. The van der Waals surface area contributed by atoms with Gasteiger partial charge in [0.25, 0.3) is 0 Å². The quantitative estimate of drug-likeness (QED) is 0.0366. The summed E-state index contributed by atoms with van der Waals surface area (Å²) in [5, 5.41) is 0. The third-order valence-electron chi connectivity index (χ3n) is 11.9. The van der Waals surface area contributed by atoms with Gasteiger partial charge in [0.05, 0.1) is 6.61 Å². The molecule has 0 spiro atoms. The Morgan fingerprint density at radius 2 is 0.661 bits per heavy atom. The van der Waals surface area contributed by atoms with Gasteiger partial charge in [0.1, 0.15) is 6.61 Å². The monoisotopic (exact) mass is 859 g/mol. The molecular weight excluding hydrogens is 760 g/mol. The number of unbranched alkanes of at least 4 members (excludes halogenated alkanes) is 38.